The molecule has 1 N–H and O–H groups in total. The highest BCUT2D eigenvalue weighted by Gasteiger charge is 2.22. The first kappa shape index (κ1) is 15.1. The molecule has 0 radical (unpaired) electrons. The zero-order valence-corrected chi connectivity index (χ0v) is 11.8. The second-order valence-electron chi connectivity index (χ2n) is 3.97. The number of aliphatic hydroxyl groups is 1. The first-order valence-electron chi connectivity index (χ1n) is 6.34. The van der Waals surface area contributed by atoms with Gasteiger partial charge in [0, 0.05) is 18.0 Å². The van der Waals surface area contributed by atoms with Gasteiger partial charge in [0.15, 0.2) is 0 Å². The molecular weight excluding hydrogens is 246 g/mol. The van der Waals surface area contributed by atoms with Crippen LogP contribution >= 0.6 is 11.8 Å². The lowest BCUT2D eigenvalue weighted by atomic mass is 10.3. The normalized spacial score (nSPS) is 12.2. The zero-order valence-electron chi connectivity index (χ0n) is 11.0. The summed E-state index contributed by atoms with van der Waals surface area (Å²) in [6.07, 6.45) is 0.792. The zero-order chi connectivity index (χ0) is 13.4. The van der Waals surface area contributed by atoms with Crippen LogP contribution in [0.2, 0.25) is 0 Å². The molecule has 0 spiro atoms. The van der Waals surface area contributed by atoms with Crippen molar-refractivity contribution in [3.05, 3.63) is 30.3 Å². The van der Waals surface area contributed by atoms with E-state index in [9.17, 15) is 4.79 Å². The van der Waals surface area contributed by atoms with Crippen molar-refractivity contribution in [1.29, 1.82) is 0 Å². The second kappa shape index (κ2) is 8.16. The first-order valence-corrected chi connectivity index (χ1v) is 7.22. The van der Waals surface area contributed by atoms with Gasteiger partial charge in [0.05, 0.1) is 11.9 Å². The Bertz CT molecular complexity index is 356. The van der Waals surface area contributed by atoms with E-state index < -0.39 is 0 Å². The van der Waals surface area contributed by atoms with E-state index in [0.717, 1.165) is 11.3 Å². The molecule has 0 saturated carbocycles. The SMILES string of the molecule is CCC(Sc1ccccc1)C(=O)N(CC)CCO. The van der Waals surface area contributed by atoms with Crippen LogP contribution in [-0.2, 0) is 4.79 Å². The Morgan fingerprint density at radius 2 is 2.00 bits per heavy atom. The molecule has 4 heteroatoms. The summed E-state index contributed by atoms with van der Waals surface area (Å²) < 4.78 is 0. The Morgan fingerprint density at radius 3 is 2.50 bits per heavy atom. The maximum Gasteiger partial charge on any atom is 0.236 e. The van der Waals surface area contributed by atoms with E-state index in [4.69, 9.17) is 5.11 Å². The largest absolute Gasteiger partial charge is 0.395 e. The van der Waals surface area contributed by atoms with Crippen molar-refractivity contribution in [2.75, 3.05) is 19.7 Å². The maximum atomic E-state index is 12.3. The minimum absolute atomic E-state index is 0.0199. The van der Waals surface area contributed by atoms with E-state index in [1.807, 2.05) is 44.2 Å². The van der Waals surface area contributed by atoms with Crippen LogP contribution in [0.15, 0.2) is 35.2 Å². The van der Waals surface area contributed by atoms with Crippen molar-refractivity contribution in [3.63, 3.8) is 0 Å². The van der Waals surface area contributed by atoms with E-state index in [0.29, 0.717) is 13.1 Å². The van der Waals surface area contributed by atoms with Gasteiger partial charge in [0.2, 0.25) is 5.91 Å². The Hall–Kier alpha value is -1.00. The van der Waals surface area contributed by atoms with Crippen LogP contribution in [0.3, 0.4) is 0 Å². The van der Waals surface area contributed by atoms with Gasteiger partial charge in [-0.15, -0.1) is 11.8 Å². The number of rotatable bonds is 7. The van der Waals surface area contributed by atoms with E-state index in [1.165, 1.54) is 0 Å². The Balaban J connectivity index is 2.67. The van der Waals surface area contributed by atoms with E-state index in [1.54, 1.807) is 16.7 Å². The minimum Gasteiger partial charge on any atom is -0.395 e. The molecule has 0 aliphatic heterocycles. The Labute approximate surface area is 113 Å². The van der Waals surface area contributed by atoms with Gasteiger partial charge >= 0.3 is 0 Å². The summed E-state index contributed by atoms with van der Waals surface area (Å²) in [5, 5.41) is 8.89. The van der Waals surface area contributed by atoms with E-state index >= 15 is 0 Å². The summed E-state index contributed by atoms with van der Waals surface area (Å²) in [6, 6.07) is 9.96. The van der Waals surface area contributed by atoms with Crippen molar-refractivity contribution in [2.45, 2.75) is 30.4 Å². The molecule has 0 aliphatic rings. The lowest BCUT2D eigenvalue weighted by Crippen LogP contribution is -2.39. The van der Waals surface area contributed by atoms with Gasteiger partial charge in [-0.2, -0.15) is 0 Å². The summed E-state index contributed by atoms with van der Waals surface area (Å²) in [4.78, 5) is 15.1. The van der Waals surface area contributed by atoms with Crippen LogP contribution in [0.1, 0.15) is 20.3 Å². The molecule has 0 aromatic heterocycles. The average molecular weight is 267 g/mol. The van der Waals surface area contributed by atoms with Crippen LogP contribution in [-0.4, -0.2) is 40.9 Å². The highest BCUT2D eigenvalue weighted by molar-refractivity contribution is 8.00. The van der Waals surface area contributed by atoms with Crippen molar-refractivity contribution in [3.8, 4) is 0 Å². The molecule has 18 heavy (non-hydrogen) atoms. The lowest BCUT2D eigenvalue weighted by Gasteiger charge is -2.24. The summed E-state index contributed by atoms with van der Waals surface area (Å²) in [5.74, 6) is 0.114. The number of amides is 1. The standard InChI is InChI=1S/C14H21NO2S/c1-3-13(14(17)15(4-2)10-11-16)18-12-8-6-5-7-9-12/h5-9,13,16H,3-4,10-11H2,1-2H3. The molecule has 0 bridgehead atoms. The van der Waals surface area contributed by atoms with Crippen LogP contribution in [0.25, 0.3) is 0 Å². The fourth-order valence-electron chi connectivity index (χ4n) is 1.72. The van der Waals surface area contributed by atoms with E-state index in [-0.39, 0.29) is 17.8 Å². The molecule has 1 aromatic carbocycles. The highest BCUT2D eigenvalue weighted by Crippen LogP contribution is 2.26. The first-order chi connectivity index (χ1) is 8.72. The molecule has 100 valence electrons. The predicted octanol–water partition coefficient (Wildman–Crippen LogP) is 2.40. The molecule has 0 aliphatic carbocycles. The molecule has 1 rings (SSSR count). The van der Waals surface area contributed by atoms with Gasteiger partial charge in [-0.3, -0.25) is 4.79 Å². The molecule has 1 amide bonds. The van der Waals surface area contributed by atoms with Crippen LogP contribution < -0.4 is 0 Å². The Kier molecular flexibility index (Phi) is 6.83. The van der Waals surface area contributed by atoms with Crippen molar-refractivity contribution in [2.24, 2.45) is 0 Å². The van der Waals surface area contributed by atoms with Gasteiger partial charge in [-0.25, -0.2) is 0 Å². The molecule has 1 aromatic rings. The van der Waals surface area contributed by atoms with Crippen molar-refractivity contribution < 1.29 is 9.90 Å². The summed E-state index contributed by atoms with van der Waals surface area (Å²) in [6.45, 7) is 5.04. The average Bonchev–Trinajstić information content (AvgIpc) is 2.42. The number of aliphatic hydroxyl groups excluding tert-OH is 1. The molecule has 0 saturated heterocycles. The molecule has 1 atom stereocenters. The van der Waals surface area contributed by atoms with Gasteiger partial charge in [0.25, 0.3) is 0 Å². The number of likely N-dealkylation sites (N-methyl/N-ethyl adjacent to an activating group) is 1. The maximum absolute atomic E-state index is 12.3. The third kappa shape index (κ3) is 4.35. The smallest absolute Gasteiger partial charge is 0.236 e. The number of carbonyl (C=O) groups is 1. The third-order valence-corrected chi connectivity index (χ3v) is 4.09. The van der Waals surface area contributed by atoms with Gasteiger partial charge < -0.3 is 10.0 Å². The fraction of sp³-hybridized carbons (Fsp3) is 0.500. The second-order valence-corrected chi connectivity index (χ2v) is 5.25. The fourth-order valence-corrected chi connectivity index (χ4v) is 2.78. The monoisotopic (exact) mass is 267 g/mol. The highest BCUT2D eigenvalue weighted by atomic mass is 32.2. The van der Waals surface area contributed by atoms with Crippen molar-refractivity contribution >= 4 is 17.7 Å². The summed E-state index contributed by atoms with van der Waals surface area (Å²) >= 11 is 1.59. The van der Waals surface area contributed by atoms with Gasteiger partial charge in [-0.1, -0.05) is 25.1 Å². The number of carbonyl (C=O) groups excluding carboxylic acids is 1. The number of benzene rings is 1. The Morgan fingerprint density at radius 1 is 1.33 bits per heavy atom. The quantitative estimate of drug-likeness (QED) is 0.771. The topological polar surface area (TPSA) is 40.5 Å². The van der Waals surface area contributed by atoms with Crippen LogP contribution in [0.5, 0.6) is 0 Å². The number of thioether (sulfide) groups is 1. The third-order valence-electron chi connectivity index (χ3n) is 2.73. The minimum atomic E-state index is -0.0705. The van der Waals surface area contributed by atoms with Crippen molar-refractivity contribution in [1.82, 2.24) is 4.90 Å². The molecule has 3 nitrogen and oxygen atoms in total. The molecular formula is C14H21NO2S. The van der Waals surface area contributed by atoms with Crippen LogP contribution in [0.4, 0.5) is 0 Å². The van der Waals surface area contributed by atoms with Gasteiger partial charge in [-0.05, 0) is 25.5 Å². The van der Waals surface area contributed by atoms with Gasteiger partial charge in [0.1, 0.15) is 0 Å². The lowest BCUT2D eigenvalue weighted by molar-refractivity contribution is -0.130. The van der Waals surface area contributed by atoms with Crippen LogP contribution in [0, 0.1) is 0 Å². The number of nitrogens with zero attached hydrogens (tertiary/aromatic N) is 1. The predicted molar refractivity (Wildman–Crippen MR) is 75.7 cm³/mol. The van der Waals surface area contributed by atoms with E-state index in [2.05, 4.69) is 0 Å². The molecule has 1 unspecified atom stereocenters. The summed E-state index contributed by atoms with van der Waals surface area (Å²) in [5.41, 5.74) is 0. The summed E-state index contributed by atoms with van der Waals surface area (Å²) in [7, 11) is 0. The molecule has 0 fully saturated rings. The molecule has 0 heterocycles. The number of hydrogen-bond donors (Lipinski definition) is 1. The number of hydrogen-bond acceptors (Lipinski definition) is 3.